The molecule has 3 heterocycles. The molecule has 5 rings (SSSR count). The number of aliphatic hydroxyl groups is 1. The summed E-state index contributed by atoms with van der Waals surface area (Å²) >= 11 is 0. The van der Waals surface area contributed by atoms with E-state index in [-0.39, 0.29) is 24.6 Å². The predicted octanol–water partition coefficient (Wildman–Crippen LogP) is 1.35. The molecule has 1 amide bonds. The molecule has 8 nitrogen and oxygen atoms in total. The van der Waals surface area contributed by atoms with E-state index < -0.39 is 6.10 Å². The highest BCUT2D eigenvalue weighted by Gasteiger charge is 2.32. The molecule has 1 aromatic heterocycles. The van der Waals surface area contributed by atoms with Gasteiger partial charge in [-0.2, -0.15) is 0 Å². The smallest absolute Gasteiger partial charge is 0.261 e. The van der Waals surface area contributed by atoms with Crippen LogP contribution in [0.25, 0.3) is 10.9 Å². The monoisotopic (exact) mass is 434 g/mol. The number of benzene rings is 2. The van der Waals surface area contributed by atoms with Gasteiger partial charge in [0.15, 0.2) is 6.10 Å². The van der Waals surface area contributed by atoms with Gasteiger partial charge in [0.2, 0.25) is 0 Å². The van der Waals surface area contributed by atoms with Gasteiger partial charge in [-0.3, -0.25) is 14.2 Å². The van der Waals surface area contributed by atoms with Gasteiger partial charge in [0.25, 0.3) is 11.5 Å². The van der Waals surface area contributed by atoms with Crippen molar-refractivity contribution in [1.82, 2.24) is 14.5 Å². The molecule has 32 heavy (non-hydrogen) atoms. The third-order valence-corrected chi connectivity index (χ3v) is 6.32. The molecule has 1 atom stereocenters. The van der Waals surface area contributed by atoms with Gasteiger partial charge in [0.05, 0.1) is 37.0 Å². The molecule has 0 spiro atoms. The molecule has 166 valence electrons. The fourth-order valence-corrected chi connectivity index (χ4v) is 4.56. The second kappa shape index (κ2) is 8.72. The number of piperazine rings is 1. The van der Waals surface area contributed by atoms with Crippen LogP contribution >= 0.6 is 0 Å². The van der Waals surface area contributed by atoms with E-state index in [1.165, 1.54) is 16.5 Å². The van der Waals surface area contributed by atoms with Crippen molar-refractivity contribution in [1.29, 1.82) is 0 Å². The first-order valence-electron chi connectivity index (χ1n) is 11.0. The average molecular weight is 434 g/mol. The lowest BCUT2D eigenvalue weighted by molar-refractivity contribution is -0.145. The van der Waals surface area contributed by atoms with Gasteiger partial charge >= 0.3 is 0 Å². The molecule has 1 fully saturated rings. The van der Waals surface area contributed by atoms with Gasteiger partial charge in [-0.1, -0.05) is 24.3 Å². The fraction of sp³-hybridized carbons (Fsp3) is 0.375. The standard InChI is InChI=1S/C24H26N4O4/c29-13-12-28-16-25-21-15-18(5-6-20(21)23(28)30)26-8-10-27(11-9-26)24(31)22-19-4-2-1-3-17(19)7-14-32-22/h1-6,15-16,22,29H,7-14H2. The molecule has 0 aliphatic carbocycles. The number of amides is 1. The number of anilines is 1. The van der Waals surface area contributed by atoms with Crippen LogP contribution in [0.1, 0.15) is 17.2 Å². The van der Waals surface area contributed by atoms with Crippen LogP contribution in [0.5, 0.6) is 0 Å². The Morgan fingerprint density at radius 2 is 1.94 bits per heavy atom. The number of fused-ring (bicyclic) bond motifs is 2. The summed E-state index contributed by atoms with van der Waals surface area (Å²) in [5.74, 6) is 0.0291. The number of carbonyl (C=O) groups excluding carboxylic acids is 1. The largest absolute Gasteiger partial charge is 0.395 e. The molecule has 2 aliphatic rings. The number of aromatic nitrogens is 2. The van der Waals surface area contributed by atoms with Crippen LogP contribution in [0.4, 0.5) is 5.69 Å². The van der Waals surface area contributed by atoms with Crippen molar-refractivity contribution in [3.8, 4) is 0 Å². The van der Waals surface area contributed by atoms with E-state index in [0.29, 0.717) is 43.7 Å². The topological polar surface area (TPSA) is 87.9 Å². The van der Waals surface area contributed by atoms with Crippen LogP contribution in [0, 0.1) is 0 Å². The minimum atomic E-state index is -0.516. The normalized spacial score (nSPS) is 18.6. The van der Waals surface area contributed by atoms with E-state index in [9.17, 15) is 9.59 Å². The Kier molecular flexibility index (Phi) is 5.63. The number of hydrogen-bond donors (Lipinski definition) is 1. The van der Waals surface area contributed by atoms with E-state index in [4.69, 9.17) is 9.84 Å². The van der Waals surface area contributed by atoms with Crippen molar-refractivity contribution in [3.63, 3.8) is 0 Å². The molecule has 2 aliphatic heterocycles. The summed E-state index contributed by atoms with van der Waals surface area (Å²) in [6.45, 7) is 3.33. The van der Waals surface area contributed by atoms with E-state index >= 15 is 0 Å². The molecule has 1 unspecified atom stereocenters. The fourth-order valence-electron chi connectivity index (χ4n) is 4.56. The number of nitrogens with zero attached hydrogens (tertiary/aromatic N) is 4. The minimum Gasteiger partial charge on any atom is -0.395 e. The summed E-state index contributed by atoms with van der Waals surface area (Å²) in [7, 11) is 0. The zero-order valence-electron chi connectivity index (χ0n) is 17.8. The Morgan fingerprint density at radius 3 is 2.75 bits per heavy atom. The van der Waals surface area contributed by atoms with Crippen LogP contribution in [-0.2, 0) is 22.5 Å². The second-order valence-electron chi connectivity index (χ2n) is 8.18. The molecule has 0 bridgehead atoms. The second-order valence-corrected chi connectivity index (χ2v) is 8.18. The highest BCUT2D eigenvalue weighted by atomic mass is 16.5. The first-order valence-corrected chi connectivity index (χ1v) is 11.0. The van der Waals surface area contributed by atoms with Crippen molar-refractivity contribution in [2.45, 2.75) is 19.1 Å². The Morgan fingerprint density at radius 1 is 1.12 bits per heavy atom. The molecular formula is C24H26N4O4. The van der Waals surface area contributed by atoms with Crippen LogP contribution in [-0.4, -0.2) is 64.9 Å². The Balaban J connectivity index is 1.29. The van der Waals surface area contributed by atoms with E-state index in [1.54, 1.807) is 6.07 Å². The number of ether oxygens (including phenoxy) is 1. The first-order chi connectivity index (χ1) is 15.7. The highest BCUT2D eigenvalue weighted by Crippen LogP contribution is 2.29. The lowest BCUT2D eigenvalue weighted by atomic mass is 9.96. The van der Waals surface area contributed by atoms with Gasteiger partial charge in [0, 0.05) is 31.9 Å². The summed E-state index contributed by atoms with van der Waals surface area (Å²) in [6, 6.07) is 13.7. The molecule has 0 saturated carbocycles. The average Bonchev–Trinajstić information content (AvgIpc) is 2.85. The van der Waals surface area contributed by atoms with Crippen LogP contribution in [0.3, 0.4) is 0 Å². The predicted molar refractivity (Wildman–Crippen MR) is 121 cm³/mol. The Bertz CT molecular complexity index is 1200. The van der Waals surface area contributed by atoms with Gasteiger partial charge in [-0.15, -0.1) is 0 Å². The summed E-state index contributed by atoms with van der Waals surface area (Å²) in [5.41, 5.74) is 3.64. The number of hydrogen-bond acceptors (Lipinski definition) is 6. The number of carbonyl (C=O) groups is 1. The molecule has 1 saturated heterocycles. The SMILES string of the molecule is O=C(C1OCCc2ccccc21)N1CCN(c2ccc3c(=O)n(CCO)cnc3c2)CC1. The first kappa shape index (κ1) is 20.7. The third-order valence-electron chi connectivity index (χ3n) is 6.32. The van der Waals surface area contributed by atoms with E-state index in [0.717, 1.165) is 17.7 Å². The van der Waals surface area contributed by atoms with Crippen LogP contribution in [0.2, 0.25) is 0 Å². The van der Waals surface area contributed by atoms with Crippen molar-refractivity contribution in [3.05, 3.63) is 70.3 Å². The van der Waals surface area contributed by atoms with E-state index in [2.05, 4.69) is 16.0 Å². The molecule has 2 aromatic carbocycles. The summed E-state index contributed by atoms with van der Waals surface area (Å²) in [6.07, 6.45) is 1.80. The third kappa shape index (κ3) is 3.76. The zero-order chi connectivity index (χ0) is 22.1. The van der Waals surface area contributed by atoms with Gasteiger partial charge in [-0.25, -0.2) is 4.98 Å². The lowest BCUT2D eigenvalue weighted by Crippen LogP contribution is -2.50. The summed E-state index contributed by atoms with van der Waals surface area (Å²) < 4.78 is 7.27. The maximum Gasteiger partial charge on any atom is 0.261 e. The van der Waals surface area contributed by atoms with Crippen molar-refractivity contribution in [2.75, 3.05) is 44.3 Å². The van der Waals surface area contributed by atoms with Gasteiger partial charge in [0.1, 0.15) is 0 Å². The zero-order valence-corrected chi connectivity index (χ0v) is 17.8. The molecular weight excluding hydrogens is 408 g/mol. The lowest BCUT2D eigenvalue weighted by Gasteiger charge is -2.38. The number of rotatable bonds is 4. The van der Waals surface area contributed by atoms with E-state index in [1.807, 2.05) is 35.2 Å². The molecule has 8 heteroatoms. The molecule has 3 aromatic rings. The molecule has 0 radical (unpaired) electrons. The summed E-state index contributed by atoms with van der Waals surface area (Å²) in [5, 5.41) is 9.63. The Hall–Kier alpha value is -3.23. The summed E-state index contributed by atoms with van der Waals surface area (Å²) in [4.78, 5) is 34.2. The van der Waals surface area contributed by atoms with Gasteiger partial charge in [-0.05, 0) is 35.7 Å². The van der Waals surface area contributed by atoms with Crippen molar-refractivity contribution >= 4 is 22.5 Å². The maximum atomic E-state index is 13.2. The Labute approximate surface area is 185 Å². The van der Waals surface area contributed by atoms with Gasteiger partial charge < -0.3 is 19.6 Å². The quantitative estimate of drug-likeness (QED) is 0.667. The van der Waals surface area contributed by atoms with Crippen LogP contribution < -0.4 is 10.5 Å². The highest BCUT2D eigenvalue weighted by molar-refractivity contribution is 5.84. The van der Waals surface area contributed by atoms with Crippen LogP contribution in [0.15, 0.2) is 53.6 Å². The van der Waals surface area contributed by atoms with Crippen molar-refractivity contribution in [2.24, 2.45) is 0 Å². The minimum absolute atomic E-state index is 0.0291. The molecule has 1 N–H and O–H groups in total. The number of aliphatic hydroxyl groups excluding tert-OH is 1. The maximum absolute atomic E-state index is 13.2. The van der Waals surface area contributed by atoms with Crippen molar-refractivity contribution < 1.29 is 14.6 Å².